The second kappa shape index (κ2) is 8.74. The van der Waals surface area contributed by atoms with Crippen LogP contribution in [0, 0.1) is 13.8 Å². The molecule has 0 spiro atoms. The minimum atomic E-state index is -0.712. The van der Waals surface area contributed by atoms with E-state index in [-0.39, 0.29) is 12.4 Å². The highest BCUT2D eigenvalue weighted by Gasteiger charge is 2.20. The fourth-order valence-corrected chi connectivity index (χ4v) is 2.15. The van der Waals surface area contributed by atoms with Gasteiger partial charge in [-0.25, -0.2) is 0 Å². The molecule has 0 aliphatic carbocycles. The number of halogens is 1. The van der Waals surface area contributed by atoms with Gasteiger partial charge in [-0.1, -0.05) is 0 Å². The van der Waals surface area contributed by atoms with E-state index in [0.29, 0.717) is 13.0 Å². The molecule has 21 heavy (non-hydrogen) atoms. The van der Waals surface area contributed by atoms with Crippen LogP contribution in [-0.2, 0) is 16.0 Å². The van der Waals surface area contributed by atoms with E-state index in [1.54, 1.807) is 21.1 Å². The molecule has 0 saturated carbocycles. The Morgan fingerprint density at radius 3 is 2.33 bits per heavy atom. The van der Waals surface area contributed by atoms with E-state index in [2.05, 4.69) is 0 Å². The summed E-state index contributed by atoms with van der Waals surface area (Å²) in [6.45, 7) is 5.99. The molecular weight excluding hydrogens is 294 g/mol. The monoisotopic (exact) mass is 317 g/mol. The molecule has 1 unspecified atom stereocenters. The number of carbonyl (C=O) groups excluding carboxylic acids is 1. The maximum absolute atomic E-state index is 11.6. The third kappa shape index (κ3) is 4.51. The molecule has 0 fully saturated rings. The highest BCUT2D eigenvalue weighted by Crippen LogP contribution is 2.33. The molecule has 1 aromatic carbocycles. The Morgan fingerprint density at radius 2 is 1.86 bits per heavy atom. The lowest BCUT2D eigenvalue weighted by Gasteiger charge is -2.18. The van der Waals surface area contributed by atoms with Crippen molar-refractivity contribution >= 4 is 18.4 Å². The summed E-state index contributed by atoms with van der Waals surface area (Å²) >= 11 is 0. The summed E-state index contributed by atoms with van der Waals surface area (Å²) in [6, 6.07) is 1.15. The van der Waals surface area contributed by atoms with E-state index in [1.807, 2.05) is 19.9 Å². The number of nitrogens with two attached hydrogens (primary N) is 1. The first kappa shape index (κ1) is 19.5. The van der Waals surface area contributed by atoms with Gasteiger partial charge in [0.05, 0.1) is 20.8 Å². The number of ether oxygens (including phenoxy) is 3. The average molecular weight is 318 g/mol. The number of carbonyl (C=O) groups is 1. The lowest BCUT2D eigenvalue weighted by molar-refractivity contribution is -0.144. The number of hydrogen-bond donors (Lipinski definition) is 1. The van der Waals surface area contributed by atoms with Gasteiger partial charge in [0.15, 0.2) is 0 Å². The number of rotatable bonds is 6. The van der Waals surface area contributed by atoms with Crippen molar-refractivity contribution in [3.8, 4) is 11.5 Å². The van der Waals surface area contributed by atoms with E-state index in [4.69, 9.17) is 19.9 Å². The van der Waals surface area contributed by atoms with Crippen LogP contribution in [-0.4, -0.2) is 32.8 Å². The lowest BCUT2D eigenvalue weighted by atomic mass is 9.98. The zero-order valence-electron chi connectivity index (χ0n) is 13.2. The predicted molar refractivity (Wildman–Crippen MR) is 84.6 cm³/mol. The third-order valence-corrected chi connectivity index (χ3v) is 3.32. The standard InChI is InChI=1S/C15H23NO4.ClH/c1-6-20-15(17)12(16)7-11-8-13(18-4)9(2)10(3)14(11)19-5;/h8,12H,6-7,16H2,1-5H3;1H. The lowest BCUT2D eigenvalue weighted by Crippen LogP contribution is -2.34. The summed E-state index contributed by atoms with van der Waals surface area (Å²) < 4.78 is 15.7. The molecular formula is C15H24ClNO4. The molecule has 0 radical (unpaired) electrons. The van der Waals surface area contributed by atoms with Gasteiger partial charge in [0.25, 0.3) is 0 Å². The molecule has 0 amide bonds. The van der Waals surface area contributed by atoms with Crippen molar-refractivity contribution in [1.29, 1.82) is 0 Å². The molecule has 0 aliphatic rings. The van der Waals surface area contributed by atoms with Crippen LogP contribution in [0.5, 0.6) is 11.5 Å². The molecule has 1 atom stereocenters. The molecule has 0 heterocycles. The van der Waals surface area contributed by atoms with E-state index in [0.717, 1.165) is 28.2 Å². The molecule has 5 nitrogen and oxygen atoms in total. The van der Waals surface area contributed by atoms with Crippen molar-refractivity contribution in [3.63, 3.8) is 0 Å². The third-order valence-electron chi connectivity index (χ3n) is 3.32. The Hall–Kier alpha value is -1.46. The minimum absolute atomic E-state index is 0. The maximum atomic E-state index is 11.6. The SMILES string of the molecule is CCOC(=O)C(N)Cc1cc(OC)c(C)c(C)c1OC.Cl. The smallest absolute Gasteiger partial charge is 0.323 e. The van der Waals surface area contributed by atoms with Crippen LogP contribution in [0.25, 0.3) is 0 Å². The van der Waals surface area contributed by atoms with Crippen molar-refractivity contribution in [2.24, 2.45) is 5.73 Å². The maximum Gasteiger partial charge on any atom is 0.323 e. The molecule has 2 N–H and O–H groups in total. The predicted octanol–water partition coefficient (Wildman–Crippen LogP) is 2.18. The topological polar surface area (TPSA) is 70.8 Å². The zero-order chi connectivity index (χ0) is 15.3. The van der Waals surface area contributed by atoms with Crippen LogP contribution in [0.3, 0.4) is 0 Å². The Kier molecular flexibility index (Phi) is 8.14. The molecule has 120 valence electrons. The Balaban J connectivity index is 0.00000400. The first-order chi connectivity index (χ1) is 9.46. The van der Waals surface area contributed by atoms with Gasteiger partial charge in [-0.2, -0.15) is 0 Å². The molecule has 1 aromatic rings. The Bertz CT molecular complexity index is 491. The average Bonchev–Trinajstić information content (AvgIpc) is 2.43. The van der Waals surface area contributed by atoms with Gasteiger partial charge in [0.1, 0.15) is 17.5 Å². The summed E-state index contributed by atoms with van der Waals surface area (Å²) in [5, 5.41) is 0. The Labute approximate surface area is 132 Å². The number of hydrogen-bond acceptors (Lipinski definition) is 5. The second-order valence-corrected chi connectivity index (χ2v) is 4.58. The first-order valence-electron chi connectivity index (χ1n) is 6.59. The largest absolute Gasteiger partial charge is 0.496 e. The van der Waals surface area contributed by atoms with Crippen LogP contribution in [0.2, 0.25) is 0 Å². The van der Waals surface area contributed by atoms with E-state index in [1.165, 1.54) is 0 Å². The van der Waals surface area contributed by atoms with Crippen LogP contribution < -0.4 is 15.2 Å². The molecule has 0 bridgehead atoms. The molecule has 0 aliphatic heterocycles. The van der Waals surface area contributed by atoms with Crippen LogP contribution in [0.15, 0.2) is 6.07 Å². The van der Waals surface area contributed by atoms with Gasteiger partial charge in [-0.3, -0.25) is 4.79 Å². The summed E-state index contributed by atoms with van der Waals surface area (Å²) in [5.41, 5.74) is 8.70. The highest BCUT2D eigenvalue weighted by atomic mass is 35.5. The van der Waals surface area contributed by atoms with Crippen molar-refractivity contribution in [3.05, 3.63) is 22.8 Å². The van der Waals surface area contributed by atoms with E-state index in [9.17, 15) is 4.79 Å². The van der Waals surface area contributed by atoms with Crippen molar-refractivity contribution < 1.29 is 19.0 Å². The van der Waals surface area contributed by atoms with E-state index >= 15 is 0 Å². The Morgan fingerprint density at radius 1 is 1.24 bits per heavy atom. The minimum Gasteiger partial charge on any atom is -0.496 e. The normalized spacial score (nSPS) is 11.3. The fraction of sp³-hybridized carbons (Fsp3) is 0.533. The first-order valence-corrected chi connectivity index (χ1v) is 6.59. The summed E-state index contributed by atoms with van der Waals surface area (Å²) in [4.78, 5) is 11.6. The second-order valence-electron chi connectivity index (χ2n) is 4.58. The number of esters is 1. The fourth-order valence-electron chi connectivity index (χ4n) is 2.15. The quantitative estimate of drug-likeness (QED) is 0.814. The van der Waals surface area contributed by atoms with Crippen LogP contribution in [0.1, 0.15) is 23.6 Å². The van der Waals surface area contributed by atoms with Crippen LogP contribution >= 0.6 is 12.4 Å². The van der Waals surface area contributed by atoms with Crippen LogP contribution in [0.4, 0.5) is 0 Å². The van der Waals surface area contributed by atoms with Gasteiger partial charge in [-0.05, 0) is 38.0 Å². The van der Waals surface area contributed by atoms with Gasteiger partial charge in [0.2, 0.25) is 0 Å². The zero-order valence-corrected chi connectivity index (χ0v) is 14.0. The molecule has 6 heteroatoms. The summed E-state index contributed by atoms with van der Waals surface area (Å²) in [6.07, 6.45) is 0.347. The van der Waals surface area contributed by atoms with Crippen molar-refractivity contribution in [2.45, 2.75) is 33.2 Å². The van der Waals surface area contributed by atoms with Gasteiger partial charge < -0.3 is 19.9 Å². The van der Waals surface area contributed by atoms with Gasteiger partial charge in [-0.15, -0.1) is 12.4 Å². The van der Waals surface area contributed by atoms with E-state index < -0.39 is 12.0 Å². The van der Waals surface area contributed by atoms with Gasteiger partial charge >= 0.3 is 5.97 Å². The van der Waals surface area contributed by atoms with Crippen molar-refractivity contribution in [2.75, 3.05) is 20.8 Å². The summed E-state index contributed by atoms with van der Waals surface area (Å²) in [5.74, 6) is 1.09. The van der Waals surface area contributed by atoms with Gasteiger partial charge in [0, 0.05) is 12.0 Å². The van der Waals surface area contributed by atoms with Crippen molar-refractivity contribution in [1.82, 2.24) is 0 Å². The molecule has 1 rings (SSSR count). The number of benzene rings is 1. The number of methoxy groups -OCH3 is 2. The molecule has 0 saturated heterocycles. The molecule has 0 aromatic heterocycles. The highest BCUT2D eigenvalue weighted by molar-refractivity contribution is 5.85. The summed E-state index contributed by atoms with van der Waals surface area (Å²) in [7, 11) is 3.22.